The highest BCUT2D eigenvalue weighted by Gasteiger charge is 2.11. The Hall–Kier alpha value is -2.49. The average molecular weight is 386 g/mol. The van der Waals surface area contributed by atoms with Crippen LogP contribution in [0.2, 0.25) is 0 Å². The third kappa shape index (κ3) is 4.03. The van der Waals surface area contributed by atoms with Crippen molar-refractivity contribution >= 4 is 22.0 Å². The minimum absolute atomic E-state index is 0.0428. The highest BCUT2D eigenvalue weighted by molar-refractivity contribution is 9.10. The van der Waals surface area contributed by atoms with Gasteiger partial charge in [-0.3, -0.25) is 0 Å². The first-order valence-electron chi connectivity index (χ1n) is 6.39. The second kappa shape index (κ2) is 7.18. The number of hydrogen-bond acceptors (Lipinski definition) is 5. The Labute approximate surface area is 138 Å². The lowest BCUT2D eigenvalue weighted by atomic mass is 10.3. The predicted molar refractivity (Wildman–Crippen MR) is 82.8 cm³/mol. The Bertz CT molecular complexity index is 814. The number of primary amides is 1. The van der Waals surface area contributed by atoms with E-state index in [4.69, 9.17) is 5.73 Å². The molecule has 0 spiro atoms. The summed E-state index contributed by atoms with van der Waals surface area (Å²) >= 11 is 3.28. The summed E-state index contributed by atoms with van der Waals surface area (Å²) in [6, 6.07) is 1.76. The number of nitrogens with two attached hydrogens (primary N) is 1. The van der Waals surface area contributed by atoms with Gasteiger partial charge in [-0.2, -0.15) is 5.10 Å². The molecule has 0 aliphatic heterocycles. The molecule has 2 aromatic rings. The molecule has 0 bridgehead atoms. The molecule has 2 heterocycles. The summed E-state index contributed by atoms with van der Waals surface area (Å²) in [6.45, 7) is 1.31. The van der Waals surface area contributed by atoms with Gasteiger partial charge in [0.25, 0.3) is 0 Å². The second-order valence-electron chi connectivity index (χ2n) is 4.62. The van der Waals surface area contributed by atoms with Gasteiger partial charge in [-0.25, -0.2) is 28.2 Å². The minimum atomic E-state index is -1.03. The quantitative estimate of drug-likeness (QED) is 0.784. The number of nitrogens with zero attached hydrogens (tertiary/aromatic N) is 4. The van der Waals surface area contributed by atoms with Crippen LogP contribution in [0.1, 0.15) is 5.56 Å². The van der Waals surface area contributed by atoms with Gasteiger partial charge in [0.15, 0.2) is 0 Å². The lowest BCUT2D eigenvalue weighted by molar-refractivity contribution is 0.164. The van der Waals surface area contributed by atoms with Gasteiger partial charge in [0.2, 0.25) is 0 Å². The van der Waals surface area contributed by atoms with E-state index < -0.39 is 11.8 Å². The number of halogens is 2. The molecule has 0 saturated carbocycles. The fraction of sp³-hybridized carbons (Fsp3) is 0.231. The van der Waals surface area contributed by atoms with Crippen molar-refractivity contribution in [1.29, 1.82) is 0 Å². The maximum atomic E-state index is 12.8. The molecule has 2 rings (SSSR count). The number of carbonyl (C=O) groups excluding carboxylic acids is 1. The Balaban J connectivity index is 2.23. The molecular weight excluding hydrogens is 373 g/mol. The smallest absolute Gasteiger partial charge is 0.404 e. The number of aryl methyl sites for hydroxylation is 1. The van der Waals surface area contributed by atoms with E-state index in [1.807, 2.05) is 6.92 Å². The first-order chi connectivity index (χ1) is 10.9. The molecule has 8 nitrogen and oxygen atoms in total. The topological polar surface area (TPSA) is 105 Å². The molecule has 0 saturated heterocycles. The van der Waals surface area contributed by atoms with Crippen LogP contribution in [0.25, 0.3) is 5.69 Å². The van der Waals surface area contributed by atoms with E-state index in [1.165, 1.54) is 17.1 Å². The van der Waals surface area contributed by atoms with Crippen LogP contribution in [-0.2, 0) is 11.3 Å². The van der Waals surface area contributed by atoms with E-state index in [-0.39, 0.29) is 25.1 Å². The first kappa shape index (κ1) is 16.9. The molecule has 2 aromatic heterocycles. The summed E-state index contributed by atoms with van der Waals surface area (Å²) in [7, 11) is 0. The molecule has 0 atom stereocenters. The molecule has 10 heteroatoms. The molecule has 0 fully saturated rings. The molecule has 0 aliphatic rings. The molecule has 0 unspecified atom stereocenters. The number of ether oxygens (including phenoxy) is 1. The minimum Gasteiger partial charge on any atom is -0.445 e. The number of amides is 1. The van der Waals surface area contributed by atoms with Crippen molar-refractivity contribution < 1.29 is 13.9 Å². The second-order valence-corrected chi connectivity index (χ2v) is 5.37. The SMILES string of the molecule is Cc1cc(-n2cnn(CC(=CF)COC(N)=O)c2=O)cnc1Br. The summed E-state index contributed by atoms with van der Waals surface area (Å²) in [5.74, 6) is 0. The van der Waals surface area contributed by atoms with Crippen molar-refractivity contribution in [3.8, 4) is 5.69 Å². The largest absolute Gasteiger partial charge is 0.445 e. The van der Waals surface area contributed by atoms with Crippen molar-refractivity contribution in [3.63, 3.8) is 0 Å². The van der Waals surface area contributed by atoms with Crippen LogP contribution >= 0.6 is 15.9 Å². The number of carbonyl (C=O) groups is 1. The Morgan fingerprint density at radius 1 is 1.57 bits per heavy atom. The first-order valence-corrected chi connectivity index (χ1v) is 7.19. The number of hydrogen-bond donors (Lipinski definition) is 1. The van der Waals surface area contributed by atoms with Crippen molar-refractivity contribution in [2.75, 3.05) is 6.61 Å². The van der Waals surface area contributed by atoms with Gasteiger partial charge in [0, 0.05) is 5.57 Å². The lowest BCUT2D eigenvalue weighted by Gasteiger charge is -2.05. The van der Waals surface area contributed by atoms with Gasteiger partial charge in [-0.15, -0.1) is 0 Å². The Morgan fingerprint density at radius 3 is 2.91 bits per heavy atom. The monoisotopic (exact) mass is 385 g/mol. The van der Waals surface area contributed by atoms with E-state index in [2.05, 4.69) is 30.7 Å². The fourth-order valence-corrected chi connectivity index (χ4v) is 1.98. The van der Waals surface area contributed by atoms with Gasteiger partial charge < -0.3 is 10.5 Å². The van der Waals surface area contributed by atoms with Gasteiger partial charge in [0.05, 0.1) is 24.8 Å². The van der Waals surface area contributed by atoms with Gasteiger partial charge in [-0.1, -0.05) is 0 Å². The predicted octanol–water partition coefficient (Wildman–Crippen LogP) is 1.45. The molecule has 23 heavy (non-hydrogen) atoms. The summed E-state index contributed by atoms with van der Waals surface area (Å²) in [6.07, 6.45) is 2.03. The fourth-order valence-electron chi connectivity index (χ4n) is 1.77. The van der Waals surface area contributed by atoms with Crippen molar-refractivity contribution in [2.45, 2.75) is 13.5 Å². The lowest BCUT2D eigenvalue weighted by Crippen LogP contribution is -2.26. The van der Waals surface area contributed by atoms with Crippen LogP contribution in [0.5, 0.6) is 0 Å². The summed E-state index contributed by atoms with van der Waals surface area (Å²) in [4.78, 5) is 26.9. The number of rotatable bonds is 5. The molecule has 0 aliphatic carbocycles. The Morgan fingerprint density at radius 2 is 2.30 bits per heavy atom. The third-order valence-electron chi connectivity index (χ3n) is 2.92. The Kier molecular flexibility index (Phi) is 5.27. The van der Waals surface area contributed by atoms with Crippen molar-refractivity contribution in [2.24, 2.45) is 5.73 Å². The number of pyridine rings is 1. The van der Waals surface area contributed by atoms with Gasteiger partial charge in [-0.05, 0) is 34.5 Å². The van der Waals surface area contributed by atoms with Crippen LogP contribution in [0.15, 0.2) is 39.9 Å². The van der Waals surface area contributed by atoms with E-state index in [0.717, 1.165) is 10.2 Å². The van der Waals surface area contributed by atoms with Crippen molar-refractivity contribution in [1.82, 2.24) is 19.3 Å². The van der Waals surface area contributed by atoms with E-state index in [9.17, 15) is 14.0 Å². The van der Waals surface area contributed by atoms with Gasteiger partial charge in [0.1, 0.15) is 17.5 Å². The van der Waals surface area contributed by atoms with E-state index in [0.29, 0.717) is 10.3 Å². The molecule has 0 radical (unpaired) electrons. The zero-order valence-electron chi connectivity index (χ0n) is 12.1. The standard InChI is InChI=1S/C13H13BrFN5O3/c1-8-2-10(4-17-11(8)14)19-7-18-20(13(19)22)5-9(3-15)6-23-12(16)21/h2-4,7H,5-6H2,1H3,(H2,16,21). The van der Waals surface area contributed by atoms with E-state index in [1.54, 1.807) is 6.07 Å². The zero-order chi connectivity index (χ0) is 17.0. The summed E-state index contributed by atoms with van der Waals surface area (Å²) in [5.41, 5.74) is 5.76. The normalized spacial score (nSPS) is 11.5. The third-order valence-corrected chi connectivity index (χ3v) is 3.75. The molecule has 0 aromatic carbocycles. The number of aromatic nitrogens is 4. The highest BCUT2D eigenvalue weighted by Crippen LogP contribution is 2.15. The summed E-state index contributed by atoms with van der Waals surface area (Å²) < 4.78 is 20.3. The highest BCUT2D eigenvalue weighted by atomic mass is 79.9. The van der Waals surface area contributed by atoms with E-state index >= 15 is 0 Å². The van der Waals surface area contributed by atoms with Crippen LogP contribution in [0, 0.1) is 6.92 Å². The maximum absolute atomic E-state index is 12.8. The molecule has 2 N–H and O–H groups in total. The van der Waals surface area contributed by atoms with Crippen LogP contribution in [0.4, 0.5) is 9.18 Å². The molecule has 122 valence electrons. The van der Waals surface area contributed by atoms with Crippen LogP contribution in [0.3, 0.4) is 0 Å². The van der Waals surface area contributed by atoms with Gasteiger partial charge >= 0.3 is 11.8 Å². The average Bonchev–Trinajstić information content (AvgIpc) is 2.87. The van der Waals surface area contributed by atoms with Crippen LogP contribution in [-0.4, -0.2) is 32.0 Å². The summed E-state index contributed by atoms with van der Waals surface area (Å²) in [5, 5.41) is 3.91. The zero-order valence-corrected chi connectivity index (χ0v) is 13.7. The maximum Gasteiger partial charge on any atom is 0.404 e. The van der Waals surface area contributed by atoms with Crippen LogP contribution < -0.4 is 11.4 Å². The molecular formula is C13H13BrFN5O3. The molecule has 1 amide bonds. The van der Waals surface area contributed by atoms with Crippen molar-refractivity contribution in [3.05, 3.63) is 51.1 Å².